The van der Waals surface area contributed by atoms with Crippen LogP contribution in [0.2, 0.25) is 0 Å². The summed E-state index contributed by atoms with van der Waals surface area (Å²) in [6, 6.07) is 6.00. The predicted molar refractivity (Wildman–Crippen MR) is 94.2 cm³/mol. The van der Waals surface area contributed by atoms with Crippen molar-refractivity contribution in [3.8, 4) is 0 Å². The van der Waals surface area contributed by atoms with Crippen LogP contribution in [0.5, 0.6) is 0 Å². The van der Waals surface area contributed by atoms with Crippen LogP contribution in [0.4, 0.5) is 4.79 Å². The molecule has 0 saturated carbocycles. The van der Waals surface area contributed by atoms with Crippen LogP contribution in [-0.2, 0) is 17.6 Å². The number of H-pyrrole nitrogens is 1. The molecule has 24 heavy (non-hydrogen) atoms. The van der Waals surface area contributed by atoms with Crippen LogP contribution in [0.15, 0.2) is 24.4 Å². The number of aromatic amines is 1. The first-order valence-electron chi connectivity index (χ1n) is 8.23. The van der Waals surface area contributed by atoms with Gasteiger partial charge in [0.05, 0.1) is 5.92 Å². The highest BCUT2D eigenvalue weighted by Gasteiger charge is 2.17. The first-order chi connectivity index (χ1) is 11.4. The second-order valence-corrected chi connectivity index (χ2v) is 6.11. The van der Waals surface area contributed by atoms with Gasteiger partial charge in [-0.3, -0.25) is 4.79 Å². The van der Waals surface area contributed by atoms with Gasteiger partial charge in [-0.1, -0.05) is 32.0 Å². The predicted octanol–water partition coefficient (Wildman–Crippen LogP) is 2.63. The minimum absolute atomic E-state index is 0.189. The number of benzene rings is 1. The number of carboxylic acids is 1. The Morgan fingerprint density at radius 2 is 2.08 bits per heavy atom. The van der Waals surface area contributed by atoms with Crippen LogP contribution in [0.1, 0.15) is 25.0 Å². The van der Waals surface area contributed by atoms with E-state index >= 15 is 0 Å². The average Bonchev–Trinajstić information content (AvgIpc) is 2.97. The molecule has 1 unspecified atom stereocenters. The molecule has 0 spiro atoms. The number of aromatic nitrogens is 1. The number of carboxylic acid groups (broad SMARTS) is 1. The number of para-hydroxylation sites is 1. The topological polar surface area (TPSA) is 85.4 Å². The molecule has 1 aromatic carbocycles. The maximum Gasteiger partial charge on any atom is 0.317 e. The Labute approximate surface area is 141 Å². The number of amides is 2. The summed E-state index contributed by atoms with van der Waals surface area (Å²) in [5.41, 5.74) is 3.61. The zero-order chi connectivity index (χ0) is 17.7. The largest absolute Gasteiger partial charge is 0.481 e. The molecule has 6 nitrogen and oxygen atoms in total. The lowest BCUT2D eigenvalue weighted by molar-refractivity contribution is -0.141. The fourth-order valence-corrected chi connectivity index (χ4v) is 2.79. The van der Waals surface area contributed by atoms with Gasteiger partial charge in [0.25, 0.3) is 0 Å². The number of carbonyl (C=O) groups excluding carboxylic acids is 1. The summed E-state index contributed by atoms with van der Waals surface area (Å²) in [5.74, 6) is -1.48. The molecule has 0 radical (unpaired) electrons. The summed E-state index contributed by atoms with van der Waals surface area (Å²) in [5, 5.41) is 12.9. The van der Waals surface area contributed by atoms with E-state index in [-0.39, 0.29) is 12.6 Å². The number of hydrogen-bond acceptors (Lipinski definition) is 2. The summed E-state index contributed by atoms with van der Waals surface area (Å²) in [4.78, 5) is 27.6. The highest BCUT2D eigenvalue weighted by molar-refractivity contribution is 5.86. The van der Waals surface area contributed by atoms with E-state index in [4.69, 9.17) is 5.11 Å². The van der Waals surface area contributed by atoms with Crippen molar-refractivity contribution in [1.82, 2.24) is 15.2 Å². The second-order valence-electron chi connectivity index (χ2n) is 6.11. The van der Waals surface area contributed by atoms with Crippen LogP contribution < -0.4 is 5.32 Å². The number of carbonyl (C=O) groups is 2. The quantitative estimate of drug-likeness (QED) is 0.729. The molecule has 0 saturated heterocycles. The van der Waals surface area contributed by atoms with Gasteiger partial charge in [-0.2, -0.15) is 0 Å². The third kappa shape index (κ3) is 4.07. The van der Waals surface area contributed by atoms with Crippen molar-refractivity contribution in [2.24, 2.45) is 5.92 Å². The van der Waals surface area contributed by atoms with Crippen LogP contribution in [0, 0.1) is 5.92 Å². The molecule has 0 aliphatic rings. The number of hydrogen-bond donors (Lipinski definition) is 3. The number of aliphatic carboxylic acids is 1. The van der Waals surface area contributed by atoms with E-state index in [0.29, 0.717) is 6.54 Å². The van der Waals surface area contributed by atoms with Crippen molar-refractivity contribution in [3.05, 3.63) is 35.5 Å². The molecule has 130 valence electrons. The van der Waals surface area contributed by atoms with E-state index in [1.807, 2.05) is 6.20 Å². The van der Waals surface area contributed by atoms with Gasteiger partial charge in [-0.15, -0.1) is 0 Å². The van der Waals surface area contributed by atoms with E-state index in [2.05, 4.69) is 35.4 Å². The van der Waals surface area contributed by atoms with Crippen molar-refractivity contribution in [1.29, 1.82) is 0 Å². The monoisotopic (exact) mass is 331 g/mol. The number of urea groups is 1. The Morgan fingerprint density at radius 1 is 1.33 bits per heavy atom. The Kier molecular flexibility index (Phi) is 5.84. The first kappa shape index (κ1) is 17.8. The Bertz CT molecular complexity index is 723. The molecular formula is C18H25N3O3. The van der Waals surface area contributed by atoms with Crippen molar-refractivity contribution >= 4 is 22.9 Å². The lowest BCUT2D eigenvalue weighted by Crippen LogP contribution is -2.41. The van der Waals surface area contributed by atoms with Gasteiger partial charge < -0.3 is 20.3 Å². The first-order valence-corrected chi connectivity index (χ1v) is 8.23. The fourth-order valence-electron chi connectivity index (χ4n) is 2.79. The number of nitrogens with zero attached hydrogens (tertiary/aromatic N) is 1. The van der Waals surface area contributed by atoms with Gasteiger partial charge in [0.15, 0.2) is 0 Å². The van der Waals surface area contributed by atoms with Gasteiger partial charge in [-0.25, -0.2) is 4.79 Å². The number of fused-ring (bicyclic) bond motifs is 1. The molecule has 1 heterocycles. The third-order valence-electron chi connectivity index (χ3n) is 4.25. The molecule has 0 bridgehead atoms. The lowest BCUT2D eigenvalue weighted by atomic mass is 10.1. The average molecular weight is 331 g/mol. The number of rotatable bonds is 7. The molecule has 2 rings (SSSR count). The van der Waals surface area contributed by atoms with E-state index in [1.54, 1.807) is 14.0 Å². The molecule has 3 N–H and O–H groups in total. The summed E-state index contributed by atoms with van der Waals surface area (Å²) in [6.45, 7) is 4.41. The summed E-state index contributed by atoms with van der Waals surface area (Å²) in [7, 11) is 1.61. The highest BCUT2D eigenvalue weighted by atomic mass is 16.4. The third-order valence-corrected chi connectivity index (χ3v) is 4.25. The molecule has 0 aliphatic carbocycles. The van der Waals surface area contributed by atoms with Gasteiger partial charge in [-0.05, 0) is 24.0 Å². The van der Waals surface area contributed by atoms with Crippen molar-refractivity contribution in [2.75, 3.05) is 20.1 Å². The van der Waals surface area contributed by atoms with Crippen LogP contribution in [0.3, 0.4) is 0 Å². The summed E-state index contributed by atoms with van der Waals surface area (Å²) < 4.78 is 0. The standard InChI is InChI=1S/C18H25N3O3/c1-4-13-6-5-7-15-14(10-20-16(13)15)8-9-19-18(24)21(3)11-12(2)17(22)23/h5-7,10,12,20H,4,8-9,11H2,1-3H3,(H,19,24)(H,22,23). The second kappa shape index (κ2) is 7.86. The smallest absolute Gasteiger partial charge is 0.317 e. The molecule has 2 amide bonds. The van der Waals surface area contributed by atoms with Crippen molar-refractivity contribution < 1.29 is 14.7 Å². The number of aryl methyl sites for hydroxylation is 1. The zero-order valence-corrected chi connectivity index (χ0v) is 14.4. The van der Waals surface area contributed by atoms with E-state index in [1.165, 1.54) is 21.4 Å². The van der Waals surface area contributed by atoms with Gasteiger partial charge in [0.1, 0.15) is 0 Å². The maximum atomic E-state index is 12.0. The van der Waals surface area contributed by atoms with E-state index in [0.717, 1.165) is 18.4 Å². The van der Waals surface area contributed by atoms with Gasteiger partial charge in [0, 0.05) is 37.2 Å². The van der Waals surface area contributed by atoms with Crippen LogP contribution in [0.25, 0.3) is 10.9 Å². The Balaban J connectivity index is 1.90. The minimum Gasteiger partial charge on any atom is -0.481 e. The molecule has 0 aliphatic heterocycles. The van der Waals surface area contributed by atoms with Crippen molar-refractivity contribution in [3.63, 3.8) is 0 Å². The molecule has 1 aromatic heterocycles. The van der Waals surface area contributed by atoms with Crippen molar-refractivity contribution in [2.45, 2.75) is 26.7 Å². The normalized spacial score (nSPS) is 12.1. The fraction of sp³-hybridized carbons (Fsp3) is 0.444. The lowest BCUT2D eigenvalue weighted by Gasteiger charge is -2.19. The molecule has 6 heteroatoms. The van der Waals surface area contributed by atoms with Gasteiger partial charge >= 0.3 is 12.0 Å². The van der Waals surface area contributed by atoms with Gasteiger partial charge in [0.2, 0.25) is 0 Å². The summed E-state index contributed by atoms with van der Waals surface area (Å²) >= 11 is 0. The Morgan fingerprint density at radius 3 is 2.75 bits per heavy atom. The molecule has 0 fully saturated rings. The molecular weight excluding hydrogens is 306 g/mol. The zero-order valence-electron chi connectivity index (χ0n) is 14.4. The molecule has 2 aromatic rings. The van der Waals surface area contributed by atoms with E-state index in [9.17, 15) is 9.59 Å². The SMILES string of the molecule is CCc1cccc2c(CCNC(=O)N(C)CC(C)C(=O)O)c[nH]c12. The Hall–Kier alpha value is -2.50. The maximum absolute atomic E-state index is 12.0. The highest BCUT2D eigenvalue weighted by Crippen LogP contribution is 2.22. The van der Waals surface area contributed by atoms with E-state index < -0.39 is 11.9 Å². The minimum atomic E-state index is -0.903. The van der Waals surface area contributed by atoms with Crippen LogP contribution >= 0.6 is 0 Å². The molecule has 1 atom stereocenters. The summed E-state index contributed by atoms with van der Waals surface area (Å²) in [6.07, 6.45) is 3.69. The number of nitrogens with one attached hydrogen (secondary N) is 2. The van der Waals surface area contributed by atoms with Crippen LogP contribution in [-0.4, -0.2) is 47.1 Å².